The van der Waals surface area contributed by atoms with Gasteiger partial charge in [0, 0.05) is 12.6 Å². The van der Waals surface area contributed by atoms with E-state index in [9.17, 15) is 0 Å². The second-order valence-electron chi connectivity index (χ2n) is 3.88. The number of aliphatic hydroxyl groups excluding tert-OH is 1. The molecule has 84 valence electrons. The summed E-state index contributed by atoms with van der Waals surface area (Å²) in [5.41, 5.74) is 8.17. The maximum Gasteiger partial charge on any atom is 0.0594 e. The molecule has 4 N–H and O–H groups in total. The van der Waals surface area contributed by atoms with Gasteiger partial charge < -0.3 is 16.2 Å². The lowest BCUT2D eigenvalue weighted by Gasteiger charge is -2.09. The van der Waals surface area contributed by atoms with Crippen LogP contribution in [0.3, 0.4) is 0 Å². The quantitative estimate of drug-likeness (QED) is 0.595. The molecule has 1 rings (SSSR count). The minimum absolute atomic E-state index is 0.0392. The van der Waals surface area contributed by atoms with E-state index in [-0.39, 0.29) is 12.6 Å². The van der Waals surface area contributed by atoms with Crippen LogP contribution in [0.2, 0.25) is 0 Å². The van der Waals surface area contributed by atoms with Gasteiger partial charge in [0.1, 0.15) is 0 Å². The molecule has 0 aliphatic carbocycles. The average Bonchev–Trinajstić information content (AvgIpc) is 2.26. The molecule has 1 unspecified atom stereocenters. The summed E-state index contributed by atoms with van der Waals surface area (Å²) in [6.45, 7) is 3.69. The van der Waals surface area contributed by atoms with Crippen molar-refractivity contribution in [1.82, 2.24) is 5.32 Å². The molecule has 0 saturated carbocycles. The molecule has 0 fully saturated rings. The third kappa shape index (κ3) is 4.93. The molecule has 0 spiro atoms. The summed E-state index contributed by atoms with van der Waals surface area (Å²) in [4.78, 5) is 0. The van der Waals surface area contributed by atoms with E-state index in [1.165, 1.54) is 11.1 Å². The molecule has 3 heteroatoms. The van der Waals surface area contributed by atoms with E-state index in [0.29, 0.717) is 6.54 Å². The molecule has 15 heavy (non-hydrogen) atoms. The second-order valence-corrected chi connectivity index (χ2v) is 3.88. The molecule has 0 heterocycles. The van der Waals surface area contributed by atoms with Gasteiger partial charge in [-0.25, -0.2) is 0 Å². The number of benzene rings is 1. The lowest BCUT2D eigenvalue weighted by molar-refractivity contribution is 0.262. The topological polar surface area (TPSA) is 58.3 Å². The van der Waals surface area contributed by atoms with Crippen molar-refractivity contribution in [3.63, 3.8) is 0 Å². The predicted octanol–water partition coefficient (Wildman–Crippen LogP) is 0.447. The molecule has 0 saturated heterocycles. The van der Waals surface area contributed by atoms with Gasteiger partial charge in [-0.15, -0.1) is 0 Å². The van der Waals surface area contributed by atoms with Gasteiger partial charge in [0.2, 0.25) is 0 Å². The maximum absolute atomic E-state index is 8.72. The van der Waals surface area contributed by atoms with Gasteiger partial charge in [0.25, 0.3) is 0 Å². The fraction of sp³-hybridized carbons (Fsp3) is 0.500. The maximum atomic E-state index is 8.72. The van der Waals surface area contributed by atoms with Gasteiger partial charge in [-0.2, -0.15) is 0 Å². The number of nitrogens with two attached hydrogens (primary N) is 1. The fourth-order valence-corrected chi connectivity index (χ4v) is 1.34. The lowest BCUT2D eigenvalue weighted by Crippen LogP contribution is -2.37. The highest BCUT2D eigenvalue weighted by Gasteiger charge is 1.98. The van der Waals surface area contributed by atoms with E-state index in [4.69, 9.17) is 10.8 Å². The molecule has 1 atom stereocenters. The number of hydrogen-bond donors (Lipinski definition) is 3. The first-order chi connectivity index (χ1) is 7.22. The van der Waals surface area contributed by atoms with Crippen LogP contribution in [0.5, 0.6) is 0 Å². The normalized spacial score (nSPS) is 12.7. The number of aryl methyl sites for hydroxylation is 1. The summed E-state index contributed by atoms with van der Waals surface area (Å²) >= 11 is 0. The molecular formula is C12H20N2O. The minimum Gasteiger partial charge on any atom is -0.395 e. The number of nitrogens with one attached hydrogen (secondary N) is 1. The summed E-state index contributed by atoms with van der Waals surface area (Å²) < 4.78 is 0. The van der Waals surface area contributed by atoms with Gasteiger partial charge in [0.05, 0.1) is 6.61 Å². The highest BCUT2D eigenvalue weighted by Crippen LogP contribution is 2.02. The Hall–Kier alpha value is -0.900. The monoisotopic (exact) mass is 208 g/mol. The molecule has 0 bridgehead atoms. The van der Waals surface area contributed by atoms with Crippen LogP contribution in [-0.4, -0.2) is 30.8 Å². The SMILES string of the molecule is Cc1ccc(CCNCC(N)CO)cc1. The Labute approximate surface area is 91.3 Å². The van der Waals surface area contributed by atoms with Crippen molar-refractivity contribution in [3.8, 4) is 0 Å². The summed E-state index contributed by atoms with van der Waals surface area (Å²) in [6.07, 6.45) is 0.998. The summed E-state index contributed by atoms with van der Waals surface area (Å²) in [5.74, 6) is 0. The third-order valence-corrected chi connectivity index (χ3v) is 2.35. The molecule has 3 nitrogen and oxygen atoms in total. The van der Waals surface area contributed by atoms with Crippen LogP contribution in [0.1, 0.15) is 11.1 Å². The van der Waals surface area contributed by atoms with Gasteiger partial charge in [0.15, 0.2) is 0 Å². The van der Waals surface area contributed by atoms with Crippen molar-refractivity contribution in [1.29, 1.82) is 0 Å². The second kappa shape index (κ2) is 6.56. The highest BCUT2D eigenvalue weighted by atomic mass is 16.3. The molecule has 0 aliphatic heterocycles. The predicted molar refractivity (Wildman–Crippen MR) is 62.8 cm³/mol. The van der Waals surface area contributed by atoms with E-state index in [1.54, 1.807) is 0 Å². The zero-order valence-electron chi connectivity index (χ0n) is 9.24. The average molecular weight is 208 g/mol. The lowest BCUT2D eigenvalue weighted by atomic mass is 10.1. The zero-order valence-corrected chi connectivity index (χ0v) is 9.24. The van der Waals surface area contributed by atoms with Crippen LogP contribution < -0.4 is 11.1 Å². The third-order valence-electron chi connectivity index (χ3n) is 2.35. The fourth-order valence-electron chi connectivity index (χ4n) is 1.34. The Morgan fingerprint density at radius 2 is 2.00 bits per heavy atom. The summed E-state index contributed by atoms with van der Waals surface area (Å²) in [7, 11) is 0. The molecule has 0 amide bonds. The largest absolute Gasteiger partial charge is 0.395 e. The van der Waals surface area contributed by atoms with Crippen LogP contribution >= 0.6 is 0 Å². The number of hydrogen-bond acceptors (Lipinski definition) is 3. The summed E-state index contributed by atoms with van der Waals surface area (Å²) in [5, 5.41) is 11.9. The molecule has 0 aromatic heterocycles. The van der Waals surface area contributed by atoms with E-state index in [2.05, 4.69) is 36.5 Å². The van der Waals surface area contributed by atoms with Crippen LogP contribution in [-0.2, 0) is 6.42 Å². The zero-order chi connectivity index (χ0) is 11.1. The smallest absolute Gasteiger partial charge is 0.0594 e. The standard InChI is InChI=1S/C12H20N2O/c1-10-2-4-11(5-3-10)6-7-14-8-12(13)9-15/h2-5,12,14-15H,6-9,13H2,1H3. The van der Waals surface area contributed by atoms with Crippen LogP contribution in [0.4, 0.5) is 0 Å². The Morgan fingerprint density at radius 3 is 2.60 bits per heavy atom. The first-order valence-corrected chi connectivity index (χ1v) is 5.35. The first-order valence-electron chi connectivity index (χ1n) is 5.35. The van der Waals surface area contributed by atoms with Crippen LogP contribution in [0.15, 0.2) is 24.3 Å². The summed E-state index contributed by atoms with van der Waals surface area (Å²) in [6, 6.07) is 8.37. The molecule has 0 aliphatic rings. The highest BCUT2D eigenvalue weighted by molar-refractivity contribution is 5.21. The Morgan fingerprint density at radius 1 is 1.33 bits per heavy atom. The first kappa shape index (κ1) is 12.2. The van der Waals surface area contributed by atoms with Crippen molar-refractivity contribution in [2.45, 2.75) is 19.4 Å². The van der Waals surface area contributed by atoms with Gasteiger partial charge in [-0.1, -0.05) is 29.8 Å². The van der Waals surface area contributed by atoms with Crippen LogP contribution in [0.25, 0.3) is 0 Å². The van der Waals surface area contributed by atoms with E-state index in [0.717, 1.165) is 13.0 Å². The Kier molecular flexibility index (Phi) is 5.32. The number of rotatable bonds is 6. The van der Waals surface area contributed by atoms with Crippen LogP contribution in [0, 0.1) is 6.92 Å². The van der Waals surface area contributed by atoms with Crippen molar-refractivity contribution in [3.05, 3.63) is 35.4 Å². The molecular weight excluding hydrogens is 188 g/mol. The van der Waals surface area contributed by atoms with Gasteiger partial charge >= 0.3 is 0 Å². The van der Waals surface area contributed by atoms with E-state index in [1.807, 2.05) is 0 Å². The molecule has 1 aromatic carbocycles. The van der Waals surface area contributed by atoms with Crippen molar-refractivity contribution >= 4 is 0 Å². The van der Waals surface area contributed by atoms with Gasteiger partial charge in [-0.3, -0.25) is 0 Å². The molecule has 0 radical (unpaired) electrons. The molecule has 1 aromatic rings. The number of aliphatic hydroxyl groups is 1. The van der Waals surface area contributed by atoms with Crippen molar-refractivity contribution in [2.24, 2.45) is 5.73 Å². The van der Waals surface area contributed by atoms with Gasteiger partial charge in [-0.05, 0) is 25.5 Å². The minimum atomic E-state index is -0.150. The van der Waals surface area contributed by atoms with Crippen molar-refractivity contribution < 1.29 is 5.11 Å². The van der Waals surface area contributed by atoms with E-state index < -0.39 is 0 Å². The van der Waals surface area contributed by atoms with E-state index >= 15 is 0 Å². The van der Waals surface area contributed by atoms with Crippen molar-refractivity contribution in [2.75, 3.05) is 19.7 Å². The Balaban J connectivity index is 2.17. The Bertz CT molecular complexity index is 271.